The number of nitrogens with one attached hydrogen (secondary N) is 1. The average molecular weight is 175 g/mol. The van der Waals surface area contributed by atoms with Crippen molar-refractivity contribution in [3.63, 3.8) is 0 Å². The molecule has 0 aliphatic carbocycles. The summed E-state index contributed by atoms with van der Waals surface area (Å²) < 4.78 is 4.40. The highest BCUT2D eigenvalue weighted by molar-refractivity contribution is 5.72. The second-order valence-corrected chi connectivity index (χ2v) is 2.01. The van der Waals surface area contributed by atoms with Gasteiger partial charge in [-0.05, 0) is 13.8 Å². The van der Waals surface area contributed by atoms with Gasteiger partial charge in [0.2, 0.25) is 5.91 Å². The molecule has 0 aliphatic heterocycles. The first-order valence-electron chi connectivity index (χ1n) is 3.92. The Morgan fingerprint density at radius 2 is 1.75 bits per heavy atom. The van der Waals surface area contributed by atoms with Crippen molar-refractivity contribution in [2.24, 2.45) is 0 Å². The van der Waals surface area contributed by atoms with Crippen molar-refractivity contribution in [3.8, 4) is 0 Å². The average Bonchev–Trinajstić information content (AvgIpc) is 1.87. The topological polar surface area (TPSA) is 55.4 Å². The number of rotatable bonds is 2. The van der Waals surface area contributed by atoms with Crippen molar-refractivity contribution in [1.29, 1.82) is 0 Å². The lowest BCUT2D eigenvalue weighted by Gasteiger charge is -1.89. The van der Waals surface area contributed by atoms with Crippen LogP contribution in [0.5, 0.6) is 0 Å². The smallest absolute Gasteiger partial charge is 0.302 e. The lowest BCUT2D eigenvalue weighted by Crippen LogP contribution is -2.18. The molecule has 0 aliphatic rings. The maximum absolute atomic E-state index is 9.93. The first-order valence-corrected chi connectivity index (χ1v) is 3.92. The van der Waals surface area contributed by atoms with Crippen molar-refractivity contribution in [2.45, 2.75) is 27.7 Å². The Kier molecular flexibility index (Phi) is 11.2. The van der Waals surface area contributed by atoms with Gasteiger partial charge in [-0.2, -0.15) is 0 Å². The van der Waals surface area contributed by atoms with Crippen LogP contribution in [0.25, 0.3) is 0 Å². The molecule has 0 spiro atoms. The van der Waals surface area contributed by atoms with Crippen molar-refractivity contribution in [2.75, 3.05) is 13.2 Å². The highest BCUT2D eigenvalue weighted by Gasteiger charge is 1.81. The van der Waals surface area contributed by atoms with E-state index in [4.69, 9.17) is 0 Å². The van der Waals surface area contributed by atoms with Crippen LogP contribution in [-0.4, -0.2) is 25.0 Å². The predicted molar refractivity (Wildman–Crippen MR) is 46.7 cm³/mol. The van der Waals surface area contributed by atoms with Gasteiger partial charge >= 0.3 is 5.97 Å². The van der Waals surface area contributed by atoms with Crippen LogP contribution in [0.2, 0.25) is 0 Å². The molecule has 72 valence electrons. The minimum atomic E-state index is -0.211. The maximum atomic E-state index is 9.93. The van der Waals surface area contributed by atoms with Gasteiger partial charge in [-0.25, -0.2) is 0 Å². The van der Waals surface area contributed by atoms with Gasteiger partial charge in [0.15, 0.2) is 0 Å². The van der Waals surface area contributed by atoms with E-state index in [-0.39, 0.29) is 11.9 Å². The number of carbonyl (C=O) groups is 2. The van der Waals surface area contributed by atoms with Gasteiger partial charge in [0, 0.05) is 20.4 Å². The molecule has 4 nitrogen and oxygen atoms in total. The third-order valence-corrected chi connectivity index (χ3v) is 0.773. The van der Waals surface area contributed by atoms with Gasteiger partial charge in [-0.3, -0.25) is 9.59 Å². The lowest BCUT2D eigenvalue weighted by molar-refractivity contribution is -0.140. The monoisotopic (exact) mass is 175 g/mol. The van der Waals surface area contributed by atoms with Crippen molar-refractivity contribution >= 4 is 11.9 Å². The van der Waals surface area contributed by atoms with Crippen LogP contribution >= 0.6 is 0 Å². The maximum Gasteiger partial charge on any atom is 0.302 e. The molecular formula is C8H17NO3. The van der Waals surface area contributed by atoms with Crippen molar-refractivity contribution in [3.05, 3.63) is 0 Å². The summed E-state index contributed by atoms with van der Waals surface area (Å²) in [6, 6.07) is 0. The van der Waals surface area contributed by atoms with Gasteiger partial charge in [0.1, 0.15) is 0 Å². The molecule has 12 heavy (non-hydrogen) atoms. The van der Waals surface area contributed by atoms with Gasteiger partial charge in [-0.1, -0.05) is 0 Å². The van der Waals surface area contributed by atoms with Crippen LogP contribution in [0.15, 0.2) is 0 Å². The number of esters is 1. The molecule has 0 aromatic carbocycles. The zero-order chi connectivity index (χ0) is 9.98. The SMILES string of the molecule is CCNC(C)=O.CCOC(C)=O. The van der Waals surface area contributed by atoms with Gasteiger partial charge in [0.05, 0.1) is 6.61 Å². The highest BCUT2D eigenvalue weighted by Crippen LogP contribution is 1.69. The van der Waals surface area contributed by atoms with Crippen molar-refractivity contribution < 1.29 is 14.3 Å². The Morgan fingerprint density at radius 3 is 1.75 bits per heavy atom. The molecule has 0 saturated heterocycles. The summed E-state index contributed by atoms with van der Waals surface area (Å²) in [7, 11) is 0. The van der Waals surface area contributed by atoms with Crippen molar-refractivity contribution in [1.82, 2.24) is 5.32 Å². The molecular weight excluding hydrogens is 158 g/mol. The summed E-state index contributed by atoms with van der Waals surface area (Å²) in [5.74, 6) is -0.171. The first kappa shape index (κ1) is 13.5. The third kappa shape index (κ3) is 23.1. The summed E-state index contributed by atoms with van der Waals surface area (Å²) in [6.45, 7) is 7.78. The molecule has 0 bridgehead atoms. The second kappa shape index (κ2) is 9.94. The lowest BCUT2D eigenvalue weighted by atomic mass is 10.6. The standard InChI is InChI=1S/C4H9NO.C4H8O2/c1-3-5-4(2)6;1-3-6-4(2)5/h3H2,1-2H3,(H,5,6);3H2,1-2H3. The minimum absolute atomic E-state index is 0.0394. The Morgan fingerprint density at radius 1 is 1.25 bits per heavy atom. The van der Waals surface area contributed by atoms with E-state index in [1.54, 1.807) is 6.92 Å². The van der Waals surface area contributed by atoms with E-state index in [2.05, 4.69) is 10.1 Å². The normalized spacial score (nSPS) is 7.67. The molecule has 0 radical (unpaired) electrons. The molecule has 4 heteroatoms. The van der Waals surface area contributed by atoms with Crippen LogP contribution in [-0.2, 0) is 14.3 Å². The van der Waals surface area contributed by atoms with E-state index in [1.807, 2.05) is 6.92 Å². The molecule has 0 aromatic rings. The number of hydrogen-bond acceptors (Lipinski definition) is 3. The molecule has 0 atom stereocenters. The molecule has 0 saturated carbocycles. The first-order chi connectivity index (χ1) is 5.54. The van der Waals surface area contributed by atoms with E-state index >= 15 is 0 Å². The van der Waals surface area contributed by atoms with Crippen LogP contribution in [0, 0.1) is 0 Å². The van der Waals surface area contributed by atoms with E-state index in [0.717, 1.165) is 6.54 Å². The summed E-state index contributed by atoms with van der Waals surface area (Å²) in [6.07, 6.45) is 0. The fraction of sp³-hybridized carbons (Fsp3) is 0.750. The van der Waals surface area contributed by atoms with Crippen LogP contribution < -0.4 is 5.32 Å². The Labute approximate surface area is 73.3 Å². The Bertz CT molecular complexity index is 118. The number of ether oxygens (including phenoxy) is 1. The molecule has 0 unspecified atom stereocenters. The quantitative estimate of drug-likeness (QED) is 0.629. The van der Waals surface area contributed by atoms with Crippen LogP contribution in [0.4, 0.5) is 0 Å². The Balaban J connectivity index is 0. The minimum Gasteiger partial charge on any atom is -0.466 e. The molecule has 0 aromatic heterocycles. The second-order valence-electron chi connectivity index (χ2n) is 2.01. The highest BCUT2D eigenvalue weighted by atomic mass is 16.5. The largest absolute Gasteiger partial charge is 0.466 e. The van der Waals surface area contributed by atoms with E-state index in [9.17, 15) is 9.59 Å². The molecule has 0 fully saturated rings. The zero-order valence-electron chi connectivity index (χ0n) is 8.14. The summed E-state index contributed by atoms with van der Waals surface area (Å²) >= 11 is 0. The summed E-state index contributed by atoms with van der Waals surface area (Å²) in [4.78, 5) is 19.8. The fourth-order valence-electron chi connectivity index (χ4n) is 0.452. The molecule has 0 rings (SSSR count). The van der Waals surface area contributed by atoms with Gasteiger partial charge in [0.25, 0.3) is 0 Å². The zero-order valence-corrected chi connectivity index (χ0v) is 8.14. The Hall–Kier alpha value is -1.06. The molecule has 1 N–H and O–H groups in total. The third-order valence-electron chi connectivity index (χ3n) is 0.773. The van der Waals surface area contributed by atoms with E-state index < -0.39 is 0 Å². The summed E-state index contributed by atoms with van der Waals surface area (Å²) in [5.41, 5.74) is 0. The number of carbonyl (C=O) groups excluding carboxylic acids is 2. The number of hydrogen-bond donors (Lipinski definition) is 1. The molecule has 0 heterocycles. The predicted octanol–water partition coefficient (Wildman–Crippen LogP) is 0.712. The van der Waals surface area contributed by atoms with Crippen LogP contribution in [0.1, 0.15) is 27.7 Å². The van der Waals surface area contributed by atoms with E-state index in [1.165, 1.54) is 13.8 Å². The molecule has 1 amide bonds. The summed E-state index contributed by atoms with van der Waals surface area (Å²) in [5, 5.41) is 2.57. The van der Waals surface area contributed by atoms with E-state index in [0.29, 0.717) is 6.61 Å². The fourth-order valence-corrected chi connectivity index (χ4v) is 0.452. The number of amides is 1. The van der Waals surface area contributed by atoms with Gasteiger partial charge in [-0.15, -0.1) is 0 Å². The van der Waals surface area contributed by atoms with Crippen LogP contribution in [0.3, 0.4) is 0 Å². The van der Waals surface area contributed by atoms with Gasteiger partial charge < -0.3 is 10.1 Å².